The second kappa shape index (κ2) is 16.2. The van der Waals surface area contributed by atoms with Gasteiger partial charge in [0.15, 0.2) is 5.69 Å². The summed E-state index contributed by atoms with van der Waals surface area (Å²) in [5.41, 5.74) is 4.30. The van der Waals surface area contributed by atoms with Crippen LogP contribution in [0.5, 0.6) is 0 Å². The molecule has 3 amide bonds. The zero-order chi connectivity index (χ0) is 38.9. The number of carbonyl (C=O) groups is 3. The maximum Gasteiger partial charge on any atom is 0.275 e. The van der Waals surface area contributed by atoms with Crippen molar-refractivity contribution in [2.45, 2.75) is 70.9 Å². The first-order valence-electron chi connectivity index (χ1n) is 18.1. The van der Waals surface area contributed by atoms with Crippen LogP contribution in [-0.2, 0) is 29.4 Å². The van der Waals surface area contributed by atoms with Gasteiger partial charge >= 0.3 is 0 Å². The zero-order valence-electron chi connectivity index (χ0n) is 30.7. The number of carbonyl (C=O) groups excluding carboxylic acids is 3. The van der Waals surface area contributed by atoms with Crippen LogP contribution in [0.25, 0.3) is 5.69 Å². The van der Waals surface area contributed by atoms with Crippen LogP contribution < -0.4 is 9.62 Å². The molecule has 1 aromatic heterocycles. The van der Waals surface area contributed by atoms with E-state index in [0.29, 0.717) is 36.1 Å². The standard InChI is InChI=1S/C39H44BrClN6O6S/c1-5-15-45(16-6-2)39(51)35-34(41)24(4)47(42-35)33-13-12-27(20-31(33)38(50)46-22-28-11-9-8-10-25(28)18-29(46)23-48)37(49)43-54(52,53)30-19-26-14-17-44(7-3)36(26)32(40)21-30/h8-13,19-21,29,48H,5-7,14-18,22-23H2,1-4H3,(H,43,49)/t29-/m0/s1. The Kier molecular flexibility index (Phi) is 11.9. The molecule has 0 fully saturated rings. The Balaban J connectivity index is 1.41. The van der Waals surface area contributed by atoms with E-state index in [1.807, 2.05) is 45.0 Å². The van der Waals surface area contributed by atoms with Gasteiger partial charge in [0.25, 0.3) is 27.7 Å². The predicted octanol–water partition coefficient (Wildman–Crippen LogP) is 5.92. The quantitative estimate of drug-likeness (QED) is 0.179. The van der Waals surface area contributed by atoms with Crippen molar-refractivity contribution in [2.75, 3.05) is 37.7 Å². The van der Waals surface area contributed by atoms with E-state index in [4.69, 9.17) is 11.6 Å². The Hall–Kier alpha value is -4.24. The Morgan fingerprint density at radius 2 is 1.72 bits per heavy atom. The summed E-state index contributed by atoms with van der Waals surface area (Å²) in [6.45, 7) is 10.1. The second-order valence-electron chi connectivity index (χ2n) is 13.6. The van der Waals surface area contributed by atoms with E-state index in [2.05, 4.69) is 30.7 Å². The molecule has 4 aromatic rings. The molecule has 3 aromatic carbocycles. The number of sulfonamides is 1. The molecule has 15 heteroatoms. The number of rotatable bonds is 12. The number of hydrogen-bond donors (Lipinski definition) is 2. The summed E-state index contributed by atoms with van der Waals surface area (Å²) in [6, 6.07) is 14.4. The maximum absolute atomic E-state index is 14.7. The van der Waals surface area contributed by atoms with Crippen molar-refractivity contribution in [1.82, 2.24) is 24.3 Å². The average Bonchev–Trinajstić information content (AvgIpc) is 3.73. The highest BCUT2D eigenvalue weighted by atomic mass is 79.9. The van der Waals surface area contributed by atoms with Crippen LogP contribution in [0.1, 0.15) is 87.2 Å². The molecule has 2 aliphatic rings. The Bertz CT molecular complexity index is 2220. The topological polar surface area (TPSA) is 145 Å². The number of aliphatic hydroxyl groups excluding tert-OH is 1. The van der Waals surface area contributed by atoms with Crippen LogP contribution in [0.15, 0.2) is 64.0 Å². The predicted molar refractivity (Wildman–Crippen MR) is 211 cm³/mol. The summed E-state index contributed by atoms with van der Waals surface area (Å²) >= 11 is 10.3. The molecule has 0 saturated carbocycles. The molecule has 0 unspecified atom stereocenters. The number of aliphatic hydroxyl groups is 1. The molecule has 0 bridgehead atoms. The van der Waals surface area contributed by atoms with Gasteiger partial charge < -0.3 is 19.8 Å². The number of likely N-dealkylation sites (N-methyl/N-ethyl adjacent to an activating group) is 1. The fourth-order valence-corrected chi connectivity index (χ4v) is 9.44. The first-order valence-corrected chi connectivity index (χ1v) is 20.8. The molecule has 0 spiro atoms. The van der Waals surface area contributed by atoms with Crippen molar-refractivity contribution >= 4 is 61.0 Å². The van der Waals surface area contributed by atoms with Crippen molar-refractivity contribution in [3.63, 3.8) is 0 Å². The van der Waals surface area contributed by atoms with Crippen LogP contribution in [0.3, 0.4) is 0 Å². The number of hydrogen-bond acceptors (Lipinski definition) is 8. The molecular formula is C39H44BrClN6O6S. The number of aromatic nitrogens is 2. The minimum atomic E-state index is -4.33. The molecule has 0 saturated heterocycles. The third kappa shape index (κ3) is 7.53. The molecule has 0 radical (unpaired) electrons. The highest BCUT2D eigenvalue weighted by Gasteiger charge is 2.34. The highest BCUT2D eigenvalue weighted by molar-refractivity contribution is 9.10. The van der Waals surface area contributed by atoms with Gasteiger partial charge in [0.1, 0.15) is 0 Å². The minimum Gasteiger partial charge on any atom is -0.394 e. The lowest BCUT2D eigenvalue weighted by atomic mass is 9.93. The van der Waals surface area contributed by atoms with Gasteiger partial charge in [0.05, 0.1) is 45.2 Å². The van der Waals surface area contributed by atoms with E-state index in [9.17, 15) is 27.9 Å². The third-order valence-electron chi connectivity index (χ3n) is 10.1. The molecule has 0 aliphatic carbocycles. The number of anilines is 1. The Labute approximate surface area is 329 Å². The van der Waals surface area contributed by atoms with E-state index in [1.54, 1.807) is 17.9 Å². The smallest absolute Gasteiger partial charge is 0.275 e. The molecule has 2 N–H and O–H groups in total. The molecule has 2 aliphatic heterocycles. The highest BCUT2D eigenvalue weighted by Crippen LogP contribution is 2.38. The third-order valence-corrected chi connectivity index (χ3v) is 12.4. The number of nitrogens with one attached hydrogen (secondary N) is 1. The minimum absolute atomic E-state index is 0.0121. The molecule has 12 nitrogen and oxygen atoms in total. The fraction of sp³-hybridized carbons (Fsp3) is 0.385. The molecule has 3 heterocycles. The van der Waals surface area contributed by atoms with Gasteiger partial charge in [-0.15, -0.1) is 0 Å². The lowest BCUT2D eigenvalue weighted by Gasteiger charge is -2.36. The SMILES string of the molecule is CCCN(CCC)C(=O)c1nn(-c2ccc(C(=O)NS(=O)(=O)c3cc(Br)c4c(c3)CCN4CC)cc2C(=O)N2Cc3ccccc3C[C@H]2CO)c(C)c1Cl. The lowest BCUT2D eigenvalue weighted by molar-refractivity contribution is 0.0544. The maximum atomic E-state index is 14.7. The summed E-state index contributed by atoms with van der Waals surface area (Å²) < 4.78 is 31.5. The number of halogens is 2. The van der Waals surface area contributed by atoms with Gasteiger partial charge in [-0.25, -0.2) is 17.8 Å². The monoisotopic (exact) mass is 838 g/mol. The van der Waals surface area contributed by atoms with Crippen molar-refractivity contribution in [1.29, 1.82) is 0 Å². The summed E-state index contributed by atoms with van der Waals surface area (Å²) in [5, 5.41) is 15.2. The van der Waals surface area contributed by atoms with Crippen molar-refractivity contribution < 1.29 is 27.9 Å². The summed E-state index contributed by atoms with van der Waals surface area (Å²) in [6.07, 6.45) is 2.57. The second-order valence-corrected chi connectivity index (χ2v) is 16.5. The van der Waals surface area contributed by atoms with Gasteiger partial charge in [0.2, 0.25) is 0 Å². The van der Waals surface area contributed by atoms with Crippen LogP contribution >= 0.6 is 27.5 Å². The van der Waals surface area contributed by atoms with E-state index >= 15 is 0 Å². The van der Waals surface area contributed by atoms with Crippen LogP contribution in [0.4, 0.5) is 5.69 Å². The van der Waals surface area contributed by atoms with Crippen LogP contribution in [-0.4, -0.2) is 89.7 Å². The average molecular weight is 840 g/mol. The van der Waals surface area contributed by atoms with Gasteiger partial charge in [-0.3, -0.25) is 14.4 Å². The van der Waals surface area contributed by atoms with Gasteiger partial charge in [-0.1, -0.05) is 49.7 Å². The van der Waals surface area contributed by atoms with Crippen LogP contribution in [0.2, 0.25) is 5.02 Å². The molecular weight excluding hydrogens is 796 g/mol. The molecule has 1 atom stereocenters. The molecule has 286 valence electrons. The van der Waals surface area contributed by atoms with E-state index in [0.717, 1.165) is 48.3 Å². The lowest BCUT2D eigenvalue weighted by Crippen LogP contribution is -2.46. The number of nitrogens with zero attached hydrogens (tertiary/aromatic N) is 5. The fourth-order valence-electron chi connectivity index (χ4n) is 7.29. The van der Waals surface area contributed by atoms with Crippen molar-refractivity contribution in [3.8, 4) is 5.69 Å². The first kappa shape index (κ1) is 39.5. The van der Waals surface area contributed by atoms with Gasteiger partial charge in [-0.05, 0) is 102 Å². The molecule has 54 heavy (non-hydrogen) atoms. The number of fused-ring (bicyclic) bond motifs is 2. The van der Waals surface area contributed by atoms with Crippen molar-refractivity contribution in [2.24, 2.45) is 0 Å². The van der Waals surface area contributed by atoms with Crippen molar-refractivity contribution in [3.05, 3.63) is 103 Å². The van der Waals surface area contributed by atoms with Gasteiger partial charge in [0, 0.05) is 42.8 Å². The molecule has 6 rings (SSSR count). The zero-order valence-corrected chi connectivity index (χ0v) is 33.9. The normalized spacial score (nSPS) is 15.2. The first-order chi connectivity index (χ1) is 25.8. The van der Waals surface area contributed by atoms with E-state index < -0.39 is 27.9 Å². The summed E-state index contributed by atoms with van der Waals surface area (Å²) in [7, 11) is -4.33. The van der Waals surface area contributed by atoms with E-state index in [1.165, 1.54) is 33.8 Å². The van der Waals surface area contributed by atoms with Gasteiger partial charge in [-0.2, -0.15) is 5.10 Å². The largest absolute Gasteiger partial charge is 0.394 e. The number of amides is 3. The van der Waals surface area contributed by atoms with E-state index in [-0.39, 0.29) is 51.5 Å². The summed E-state index contributed by atoms with van der Waals surface area (Å²) in [5.74, 6) is -1.80. The Morgan fingerprint density at radius 1 is 1.02 bits per heavy atom. The summed E-state index contributed by atoms with van der Waals surface area (Å²) in [4.78, 5) is 47.4. The Morgan fingerprint density at radius 3 is 2.39 bits per heavy atom. The van der Waals surface area contributed by atoms with Crippen LogP contribution in [0, 0.1) is 6.92 Å². The number of benzene rings is 3.